The number of hydrogen-bond donors (Lipinski definition) is 0. The van der Waals surface area contributed by atoms with Gasteiger partial charge in [-0.05, 0) is 55.6 Å². The maximum absolute atomic E-state index is 2.64. The Hall–Kier alpha value is -0.690. The summed E-state index contributed by atoms with van der Waals surface area (Å²) in [7, 11) is 0. The van der Waals surface area contributed by atoms with Gasteiger partial charge in [-0.15, -0.1) is 0 Å². The lowest BCUT2D eigenvalue weighted by atomic mass is 9.89. The average Bonchev–Trinajstić information content (AvgIpc) is 2.63. The molecular weight excluding hydrogens is 320 g/mol. The van der Waals surface area contributed by atoms with Crippen molar-refractivity contribution in [1.82, 2.24) is 0 Å². The Labute approximate surface area is 160 Å². The number of hydrogen-bond acceptors (Lipinski definition) is 1. The molecule has 0 bridgehead atoms. The number of thioether (sulfide) groups is 1. The van der Waals surface area contributed by atoms with Crippen LogP contribution in [0.1, 0.15) is 96.0 Å². The van der Waals surface area contributed by atoms with Gasteiger partial charge in [0, 0.05) is 4.90 Å². The lowest BCUT2D eigenvalue weighted by Crippen LogP contribution is -2.03. The van der Waals surface area contributed by atoms with Crippen LogP contribution in [0, 0.1) is 12.8 Å². The second-order valence-corrected chi connectivity index (χ2v) is 9.02. The van der Waals surface area contributed by atoms with Crippen molar-refractivity contribution in [3.05, 3.63) is 40.8 Å². The number of rotatable bonds is 11. The molecule has 1 aliphatic carbocycles. The molecule has 0 heterocycles. The van der Waals surface area contributed by atoms with E-state index >= 15 is 0 Å². The summed E-state index contributed by atoms with van der Waals surface area (Å²) in [5.41, 5.74) is 1.36. The summed E-state index contributed by atoms with van der Waals surface area (Å²) in [6, 6.07) is 9.07. The molecule has 1 fully saturated rings. The van der Waals surface area contributed by atoms with Crippen molar-refractivity contribution >= 4 is 11.8 Å². The van der Waals surface area contributed by atoms with E-state index in [1.165, 1.54) is 93.9 Å². The molecule has 0 aromatic heterocycles. The molecule has 0 spiro atoms. The van der Waals surface area contributed by atoms with Crippen LogP contribution in [0.15, 0.2) is 40.1 Å². The number of allylic oxidation sites excluding steroid dienone is 2. The Balaban J connectivity index is 1.83. The first-order valence-electron chi connectivity index (χ1n) is 10.7. The van der Waals surface area contributed by atoms with Gasteiger partial charge in [0.05, 0.1) is 0 Å². The minimum Gasteiger partial charge on any atom is -0.0949 e. The Morgan fingerprint density at radius 2 is 1.56 bits per heavy atom. The molecule has 0 saturated heterocycles. The highest BCUT2D eigenvalue weighted by atomic mass is 32.2. The summed E-state index contributed by atoms with van der Waals surface area (Å²) in [6.07, 6.45) is 20.9. The van der Waals surface area contributed by atoms with Crippen molar-refractivity contribution in [3.8, 4) is 0 Å². The zero-order chi connectivity index (χ0) is 17.7. The van der Waals surface area contributed by atoms with E-state index in [0.29, 0.717) is 0 Å². The van der Waals surface area contributed by atoms with E-state index < -0.39 is 0 Å². The van der Waals surface area contributed by atoms with E-state index in [1.807, 2.05) is 11.8 Å². The highest BCUT2D eigenvalue weighted by Gasteiger charge is 2.12. The SMILES string of the molecule is CCCCCCCCC/C(=C/C1CCCCC1)Sc1ccc(C)cc1. The third kappa shape index (κ3) is 8.99. The van der Waals surface area contributed by atoms with Crippen LogP contribution < -0.4 is 0 Å². The molecule has 1 aliphatic rings. The standard InChI is InChI=1S/C24H38S/c1-3-4-5-6-7-8-12-15-24(20-22-13-10-9-11-14-22)25-23-18-16-21(2)17-19-23/h16-20,22H,3-15H2,1-2H3/b24-20-. The normalized spacial score (nSPS) is 16.3. The molecule has 0 unspecified atom stereocenters. The Morgan fingerprint density at radius 3 is 2.24 bits per heavy atom. The minimum absolute atomic E-state index is 0.839. The van der Waals surface area contributed by atoms with Gasteiger partial charge in [-0.25, -0.2) is 0 Å². The Morgan fingerprint density at radius 1 is 0.920 bits per heavy atom. The first-order valence-corrected chi connectivity index (χ1v) is 11.5. The number of benzene rings is 1. The first-order chi connectivity index (χ1) is 12.3. The molecule has 140 valence electrons. The second-order valence-electron chi connectivity index (χ2n) is 7.82. The quantitative estimate of drug-likeness (QED) is 0.281. The summed E-state index contributed by atoms with van der Waals surface area (Å²) >= 11 is 2.02. The first kappa shape index (κ1) is 20.6. The van der Waals surface area contributed by atoms with Crippen LogP contribution in [0.2, 0.25) is 0 Å². The molecule has 0 radical (unpaired) electrons. The molecule has 1 aromatic carbocycles. The topological polar surface area (TPSA) is 0 Å². The fourth-order valence-corrected chi connectivity index (χ4v) is 4.83. The average molecular weight is 359 g/mol. The van der Waals surface area contributed by atoms with E-state index in [9.17, 15) is 0 Å². The van der Waals surface area contributed by atoms with Gasteiger partial charge in [-0.2, -0.15) is 0 Å². The maximum Gasteiger partial charge on any atom is 0.0119 e. The molecule has 1 saturated carbocycles. The van der Waals surface area contributed by atoms with Crippen LogP contribution >= 0.6 is 11.8 Å². The van der Waals surface area contributed by atoms with Crippen LogP contribution in [0.4, 0.5) is 0 Å². The monoisotopic (exact) mass is 358 g/mol. The molecular formula is C24H38S. The van der Waals surface area contributed by atoms with Crippen LogP contribution in [0.3, 0.4) is 0 Å². The summed E-state index contributed by atoms with van der Waals surface area (Å²) in [4.78, 5) is 3.04. The van der Waals surface area contributed by atoms with Crippen molar-refractivity contribution in [3.63, 3.8) is 0 Å². The van der Waals surface area contributed by atoms with Crippen LogP contribution in [-0.2, 0) is 0 Å². The predicted molar refractivity (Wildman–Crippen MR) is 114 cm³/mol. The fourth-order valence-electron chi connectivity index (χ4n) is 3.75. The van der Waals surface area contributed by atoms with E-state index in [-0.39, 0.29) is 0 Å². The molecule has 0 aliphatic heterocycles. The van der Waals surface area contributed by atoms with E-state index in [1.54, 1.807) is 4.91 Å². The molecule has 25 heavy (non-hydrogen) atoms. The predicted octanol–water partition coefficient (Wildman–Crippen LogP) is 8.69. The van der Waals surface area contributed by atoms with Crippen LogP contribution in [0.25, 0.3) is 0 Å². The zero-order valence-electron chi connectivity index (χ0n) is 16.6. The van der Waals surface area contributed by atoms with Gasteiger partial charge in [-0.1, -0.05) is 100 Å². The fraction of sp³-hybridized carbons (Fsp3) is 0.667. The number of aryl methyl sites for hydroxylation is 1. The van der Waals surface area contributed by atoms with Gasteiger partial charge >= 0.3 is 0 Å². The summed E-state index contributed by atoms with van der Waals surface area (Å²) < 4.78 is 0. The summed E-state index contributed by atoms with van der Waals surface area (Å²) in [5, 5.41) is 0. The molecule has 2 rings (SSSR count). The van der Waals surface area contributed by atoms with Crippen molar-refractivity contribution in [2.45, 2.75) is 102 Å². The van der Waals surface area contributed by atoms with Gasteiger partial charge < -0.3 is 0 Å². The van der Waals surface area contributed by atoms with Crippen LogP contribution in [0.5, 0.6) is 0 Å². The second kappa shape index (κ2) is 12.6. The van der Waals surface area contributed by atoms with E-state index in [4.69, 9.17) is 0 Å². The highest BCUT2D eigenvalue weighted by molar-refractivity contribution is 8.03. The van der Waals surface area contributed by atoms with Crippen molar-refractivity contribution in [1.29, 1.82) is 0 Å². The summed E-state index contributed by atoms with van der Waals surface area (Å²) in [6.45, 7) is 4.47. The van der Waals surface area contributed by atoms with Gasteiger partial charge in [0.25, 0.3) is 0 Å². The Kier molecular flexibility index (Phi) is 10.4. The van der Waals surface area contributed by atoms with Gasteiger partial charge in [0.1, 0.15) is 0 Å². The van der Waals surface area contributed by atoms with Crippen molar-refractivity contribution < 1.29 is 0 Å². The molecule has 1 aromatic rings. The lowest BCUT2D eigenvalue weighted by molar-refractivity contribution is 0.418. The minimum atomic E-state index is 0.839. The molecule has 0 nitrogen and oxygen atoms in total. The third-order valence-corrected chi connectivity index (χ3v) is 6.48. The summed E-state index contributed by atoms with van der Waals surface area (Å²) in [5.74, 6) is 0.839. The highest BCUT2D eigenvalue weighted by Crippen LogP contribution is 2.34. The van der Waals surface area contributed by atoms with Crippen molar-refractivity contribution in [2.75, 3.05) is 0 Å². The number of unbranched alkanes of at least 4 members (excludes halogenated alkanes) is 6. The molecule has 0 N–H and O–H groups in total. The van der Waals surface area contributed by atoms with Gasteiger partial charge in [0.15, 0.2) is 0 Å². The Bertz CT molecular complexity index is 479. The zero-order valence-corrected chi connectivity index (χ0v) is 17.4. The third-order valence-electron chi connectivity index (χ3n) is 5.37. The molecule has 0 atom stereocenters. The van der Waals surface area contributed by atoms with Crippen LogP contribution in [-0.4, -0.2) is 0 Å². The maximum atomic E-state index is 2.64. The lowest BCUT2D eigenvalue weighted by Gasteiger charge is -2.20. The molecule has 0 amide bonds. The van der Waals surface area contributed by atoms with E-state index in [0.717, 1.165) is 5.92 Å². The van der Waals surface area contributed by atoms with Gasteiger partial charge in [-0.3, -0.25) is 0 Å². The molecule has 1 heteroatoms. The largest absolute Gasteiger partial charge is 0.0949 e. The van der Waals surface area contributed by atoms with Gasteiger partial charge in [0.2, 0.25) is 0 Å². The smallest absolute Gasteiger partial charge is 0.0119 e. The van der Waals surface area contributed by atoms with Crippen molar-refractivity contribution in [2.24, 2.45) is 5.92 Å². The van der Waals surface area contributed by atoms with E-state index in [2.05, 4.69) is 44.2 Å².